The molecule has 3 N–H and O–H groups in total. The van der Waals surface area contributed by atoms with E-state index in [4.69, 9.17) is 5.73 Å². The van der Waals surface area contributed by atoms with Crippen LogP contribution in [0.2, 0.25) is 0 Å². The Morgan fingerprint density at radius 3 is 2.67 bits per heavy atom. The molecule has 0 radical (unpaired) electrons. The summed E-state index contributed by atoms with van der Waals surface area (Å²) < 4.78 is 0. The van der Waals surface area contributed by atoms with Crippen molar-refractivity contribution in [2.24, 2.45) is 5.73 Å². The Morgan fingerprint density at radius 2 is 2.08 bits per heavy atom. The Morgan fingerprint density at radius 1 is 1.42 bits per heavy atom. The summed E-state index contributed by atoms with van der Waals surface area (Å²) in [6.07, 6.45) is 1.77. The number of likely N-dealkylation sites (N-methyl/N-ethyl adjacent to an activating group) is 1. The molecule has 0 aliphatic carbocycles. The minimum Gasteiger partial charge on any atom is -0.341 e. The summed E-state index contributed by atoms with van der Waals surface area (Å²) in [5, 5.41) is 0. The molecule has 2 rings (SSSR count). The lowest BCUT2D eigenvalue weighted by Gasteiger charge is -2.28. The van der Waals surface area contributed by atoms with Crippen molar-refractivity contribution in [3.63, 3.8) is 0 Å². The number of aromatic amines is 1. The van der Waals surface area contributed by atoms with Crippen molar-refractivity contribution in [3.05, 3.63) is 27.9 Å². The number of hydrogen-bond donors (Lipinski definition) is 2. The Hall–Kier alpha value is -2.22. The van der Waals surface area contributed by atoms with Crippen LogP contribution < -0.4 is 11.3 Å². The van der Waals surface area contributed by atoms with Gasteiger partial charge in [-0.05, 0) is 27.2 Å². The van der Waals surface area contributed by atoms with E-state index in [0.717, 1.165) is 0 Å². The molecule has 0 saturated carbocycles. The van der Waals surface area contributed by atoms with Crippen LogP contribution >= 0.6 is 0 Å². The molecular weight excluding hydrogens is 310 g/mol. The molecule has 1 aromatic rings. The summed E-state index contributed by atoms with van der Waals surface area (Å²) >= 11 is 0. The molecule has 1 aliphatic heterocycles. The zero-order valence-corrected chi connectivity index (χ0v) is 14.4. The molecule has 132 valence electrons. The highest BCUT2D eigenvalue weighted by atomic mass is 16.2. The molecule has 2 heterocycles. The highest BCUT2D eigenvalue weighted by molar-refractivity contribution is 5.89. The zero-order chi connectivity index (χ0) is 17.9. The second-order valence-corrected chi connectivity index (χ2v) is 6.07. The van der Waals surface area contributed by atoms with E-state index in [2.05, 4.69) is 9.97 Å². The Kier molecular flexibility index (Phi) is 5.71. The van der Waals surface area contributed by atoms with Crippen molar-refractivity contribution in [3.8, 4) is 0 Å². The van der Waals surface area contributed by atoms with Gasteiger partial charge in [0.1, 0.15) is 11.9 Å². The number of nitrogens with one attached hydrogen (secondary N) is 1. The summed E-state index contributed by atoms with van der Waals surface area (Å²) in [6, 6.07) is -0.780. The van der Waals surface area contributed by atoms with Gasteiger partial charge in [-0.3, -0.25) is 14.4 Å². The summed E-state index contributed by atoms with van der Waals surface area (Å²) in [4.78, 5) is 47.0. The average Bonchev–Trinajstić information content (AvgIpc) is 2.93. The van der Waals surface area contributed by atoms with Gasteiger partial charge in [-0.15, -0.1) is 0 Å². The second-order valence-electron chi connectivity index (χ2n) is 6.07. The van der Waals surface area contributed by atoms with Gasteiger partial charge in [0.05, 0.1) is 6.42 Å². The summed E-state index contributed by atoms with van der Waals surface area (Å²) in [7, 11) is 0. The first-order valence-electron chi connectivity index (χ1n) is 8.26. The van der Waals surface area contributed by atoms with Gasteiger partial charge in [-0.25, -0.2) is 4.98 Å². The van der Waals surface area contributed by atoms with E-state index in [1.807, 2.05) is 13.8 Å². The Bertz CT molecular complexity index is 668. The molecule has 1 saturated heterocycles. The second kappa shape index (κ2) is 7.57. The Labute approximate surface area is 141 Å². The van der Waals surface area contributed by atoms with E-state index < -0.39 is 6.04 Å². The number of carbonyl (C=O) groups excluding carboxylic acids is 2. The van der Waals surface area contributed by atoms with Crippen LogP contribution in [0.1, 0.15) is 31.7 Å². The Balaban J connectivity index is 2.16. The molecule has 1 aliphatic rings. The number of aryl methyl sites for hydroxylation is 1. The lowest BCUT2D eigenvalue weighted by atomic mass is 10.1. The van der Waals surface area contributed by atoms with E-state index in [0.29, 0.717) is 37.4 Å². The predicted molar refractivity (Wildman–Crippen MR) is 89.3 cm³/mol. The van der Waals surface area contributed by atoms with Gasteiger partial charge in [0.25, 0.3) is 5.56 Å². The van der Waals surface area contributed by atoms with Crippen molar-refractivity contribution < 1.29 is 9.59 Å². The van der Waals surface area contributed by atoms with E-state index >= 15 is 0 Å². The maximum absolute atomic E-state index is 12.6. The van der Waals surface area contributed by atoms with Crippen molar-refractivity contribution in [1.29, 1.82) is 0 Å². The van der Waals surface area contributed by atoms with E-state index in [-0.39, 0.29) is 29.8 Å². The van der Waals surface area contributed by atoms with Crippen LogP contribution in [0.15, 0.2) is 11.0 Å². The van der Waals surface area contributed by atoms with Crippen LogP contribution in [0, 0.1) is 6.92 Å². The number of carbonyl (C=O) groups is 2. The fraction of sp³-hybridized carbons (Fsp3) is 0.625. The van der Waals surface area contributed by atoms with Crippen LogP contribution in [0.25, 0.3) is 0 Å². The van der Waals surface area contributed by atoms with Gasteiger partial charge < -0.3 is 20.5 Å². The van der Waals surface area contributed by atoms with Gasteiger partial charge in [0.15, 0.2) is 0 Å². The fourth-order valence-corrected chi connectivity index (χ4v) is 3.02. The molecule has 1 fully saturated rings. The van der Waals surface area contributed by atoms with E-state index in [9.17, 15) is 14.4 Å². The normalized spacial score (nSPS) is 20.2. The van der Waals surface area contributed by atoms with Crippen LogP contribution in [-0.4, -0.2) is 63.3 Å². The first-order valence-corrected chi connectivity index (χ1v) is 8.26. The molecule has 2 atom stereocenters. The highest BCUT2D eigenvalue weighted by Crippen LogP contribution is 2.20. The number of nitrogens with zero attached hydrogens (tertiary/aromatic N) is 3. The largest absolute Gasteiger partial charge is 0.341 e. The summed E-state index contributed by atoms with van der Waals surface area (Å²) in [5.41, 5.74) is 5.94. The molecule has 0 aromatic carbocycles. The minimum absolute atomic E-state index is 0.0859. The van der Waals surface area contributed by atoms with Gasteiger partial charge in [0.2, 0.25) is 11.8 Å². The SMILES string of the molecule is CCN(CC)C(=O)[C@@H]1C[C@@H](N)CN1C(=O)Cc1cnc(C)[nH]c1=O. The fourth-order valence-electron chi connectivity index (χ4n) is 3.02. The first-order chi connectivity index (χ1) is 11.4. The van der Waals surface area contributed by atoms with Crippen molar-refractivity contribution in [1.82, 2.24) is 19.8 Å². The standard InChI is InChI=1S/C16H25N5O3/c1-4-20(5-2)16(24)13-7-12(17)9-21(13)14(22)6-11-8-18-10(3)19-15(11)23/h8,12-13H,4-7,9,17H2,1-3H3,(H,18,19,23)/t12-,13+/m1/s1. The lowest BCUT2D eigenvalue weighted by Crippen LogP contribution is -2.48. The van der Waals surface area contributed by atoms with Gasteiger partial charge in [-0.1, -0.05) is 0 Å². The quantitative estimate of drug-likeness (QED) is 0.747. The molecule has 8 nitrogen and oxygen atoms in total. The number of nitrogens with two attached hydrogens (primary N) is 1. The highest BCUT2D eigenvalue weighted by Gasteiger charge is 2.39. The molecule has 2 amide bonds. The van der Waals surface area contributed by atoms with Crippen molar-refractivity contribution in [2.45, 2.75) is 45.7 Å². The lowest BCUT2D eigenvalue weighted by molar-refractivity contribution is -0.143. The van der Waals surface area contributed by atoms with Crippen molar-refractivity contribution in [2.75, 3.05) is 19.6 Å². The molecule has 0 unspecified atom stereocenters. The van der Waals surface area contributed by atoms with E-state index in [1.165, 1.54) is 11.1 Å². The average molecular weight is 335 g/mol. The van der Waals surface area contributed by atoms with E-state index in [1.54, 1.807) is 11.8 Å². The monoisotopic (exact) mass is 335 g/mol. The maximum Gasteiger partial charge on any atom is 0.254 e. The predicted octanol–water partition coefficient (Wildman–Crippen LogP) is -0.583. The number of amides is 2. The molecule has 0 bridgehead atoms. The third-order valence-corrected chi connectivity index (χ3v) is 4.36. The molecule has 0 spiro atoms. The third-order valence-electron chi connectivity index (χ3n) is 4.36. The zero-order valence-electron chi connectivity index (χ0n) is 14.4. The first kappa shape index (κ1) is 18.1. The topological polar surface area (TPSA) is 112 Å². The number of likely N-dealkylation sites (tertiary alicyclic amines) is 1. The minimum atomic E-state index is -0.551. The van der Waals surface area contributed by atoms with Gasteiger partial charge in [-0.2, -0.15) is 0 Å². The van der Waals surface area contributed by atoms with Gasteiger partial charge >= 0.3 is 0 Å². The number of hydrogen-bond acceptors (Lipinski definition) is 5. The third kappa shape index (κ3) is 3.81. The molecule has 8 heteroatoms. The van der Waals surface area contributed by atoms with Gasteiger partial charge in [0, 0.05) is 37.4 Å². The summed E-state index contributed by atoms with van der Waals surface area (Å²) in [5.74, 6) is 0.135. The van der Waals surface area contributed by atoms with Crippen LogP contribution in [0.4, 0.5) is 0 Å². The van der Waals surface area contributed by atoms with Crippen LogP contribution in [0.5, 0.6) is 0 Å². The number of H-pyrrole nitrogens is 1. The number of aromatic nitrogens is 2. The molecule has 24 heavy (non-hydrogen) atoms. The number of rotatable bonds is 5. The van der Waals surface area contributed by atoms with Crippen LogP contribution in [0.3, 0.4) is 0 Å². The maximum atomic E-state index is 12.6. The summed E-state index contributed by atoms with van der Waals surface area (Å²) in [6.45, 7) is 6.98. The van der Waals surface area contributed by atoms with Crippen LogP contribution in [-0.2, 0) is 16.0 Å². The smallest absolute Gasteiger partial charge is 0.254 e. The molecular formula is C16H25N5O3. The molecule has 1 aromatic heterocycles. The van der Waals surface area contributed by atoms with Crippen molar-refractivity contribution >= 4 is 11.8 Å².